The molecule has 0 aliphatic rings. The average molecular weight is 293 g/mol. The van der Waals surface area contributed by atoms with Crippen LogP contribution in [0.3, 0.4) is 0 Å². The van der Waals surface area contributed by atoms with Crippen molar-refractivity contribution in [2.45, 2.75) is 26.7 Å². The number of carbonyl (C=O) groups excluding carboxylic acids is 1. The molecule has 1 aromatic carbocycles. The van der Waals surface area contributed by atoms with Gasteiger partial charge in [-0.25, -0.2) is 4.39 Å². The molecule has 0 aliphatic heterocycles. The highest BCUT2D eigenvalue weighted by molar-refractivity contribution is 6.30. The van der Waals surface area contributed by atoms with E-state index in [1.807, 2.05) is 6.92 Å². The molecular formula is C15H14ClFN2O. The quantitative estimate of drug-likeness (QED) is 0.809. The molecule has 2 rings (SSSR count). The van der Waals surface area contributed by atoms with Gasteiger partial charge in [-0.3, -0.25) is 4.79 Å². The lowest BCUT2D eigenvalue weighted by molar-refractivity contribution is 0.0991. The molecule has 0 radical (unpaired) electrons. The van der Waals surface area contributed by atoms with E-state index in [1.54, 1.807) is 19.1 Å². The molecule has 3 nitrogen and oxygen atoms in total. The van der Waals surface area contributed by atoms with Crippen LogP contribution in [0.1, 0.15) is 34.2 Å². The fourth-order valence-corrected chi connectivity index (χ4v) is 2.15. The number of ketones is 1. The molecule has 0 bridgehead atoms. The highest BCUT2D eigenvalue weighted by Crippen LogP contribution is 2.18. The summed E-state index contributed by atoms with van der Waals surface area (Å²) in [7, 11) is 0. The maximum atomic E-state index is 13.1. The number of nitrogens with zero attached hydrogens (tertiary/aromatic N) is 2. The number of carbonyl (C=O) groups is 1. The molecule has 1 aromatic heterocycles. The van der Waals surface area contributed by atoms with E-state index in [4.69, 9.17) is 11.6 Å². The van der Waals surface area contributed by atoms with Gasteiger partial charge in [-0.15, -0.1) is 0 Å². The molecular weight excluding hydrogens is 279 g/mol. The zero-order valence-electron chi connectivity index (χ0n) is 11.3. The molecule has 1 heterocycles. The Morgan fingerprint density at radius 3 is 2.70 bits per heavy atom. The lowest BCUT2D eigenvalue weighted by Gasteiger charge is -2.07. The van der Waals surface area contributed by atoms with Crippen molar-refractivity contribution in [2.24, 2.45) is 0 Å². The predicted molar refractivity (Wildman–Crippen MR) is 75.6 cm³/mol. The number of hydrogen-bond acceptors (Lipinski definition) is 3. The second-order valence-electron chi connectivity index (χ2n) is 4.55. The number of benzene rings is 1. The Morgan fingerprint density at radius 2 is 2.05 bits per heavy atom. The Hall–Kier alpha value is -1.81. The molecule has 0 atom stereocenters. The molecule has 0 N–H and O–H groups in total. The van der Waals surface area contributed by atoms with Gasteiger partial charge >= 0.3 is 0 Å². The van der Waals surface area contributed by atoms with Crippen LogP contribution >= 0.6 is 11.6 Å². The van der Waals surface area contributed by atoms with E-state index >= 15 is 0 Å². The van der Waals surface area contributed by atoms with Crippen LogP contribution in [0.25, 0.3) is 0 Å². The molecule has 2 aromatic rings. The summed E-state index contributed by atoms with van der Waals surface area (Å²) >= 11 is 5.72. The molecule has 0 aliphatic carbocycles. The summed E-state index contributed by atoms with van der Waals surface area (Å²) in [6.45, 7) is 3.71. The molecule has 0 spiro atoms. The highest BCUT2D eigenvalue weighted by atomic mass is 35.5. The zero-order valence-corrected chi connectivity index (χ0v) is 12.0. The van der Waals surface area contributed by atoms with Gasteiger partial charge in [0.05, 0.1) is 16.4 Å². The number of hydrogen-bond donors (Lipinski definition) is 0. The number of rotatable bonds is 4. The van der Waals surface area contributed by atoms with E-state index in [9.17, 15) is 9.18 Å². The van der Waals surface area contributed by atoms with Crippen molar-refractivity contribution in [1.29, 1.82) is 0 Å². The van der Waals surface area contributed by atoms with Crippen molar-refractivity contribution in [3.05, 3.63) is 57.6 Å². The first-order chi connectivity index (χ1) is 9.51. The van der Waals surface area contributed by atoms with E-state index in [0.29, 0.717) is 28.9 Å². The van der Waals surface area contributed by atoms with Gasteiger partial charge in [0.25, 0.3) is 0 Å². The summed E-state index contributed by atoms with van der Waals surface area (Å²) in [6, 6.07) is 6.04. The summed E-state index contributed by atoms with van der Waals surface area (Å²) in [4.78, 5) is 12.3. The van der Waals surface area contributed by atoms with Crippen LogP contribution in [0.15, 0.2) is 24.3 Å². The van der Waals surface area contributed by atoms with Crippen molar-refractivity contribution in [3.63, 3.8) is 0 Å². The average Bonchev–Trinajstić information content (AvgIpc) is 2.43. The number of Topliss-reactive ketones (excluding diaryl/α,β-unsaturated/α-hetero) is 1. The van der Waals surface area contributed by atoms with Gasteiger partial charge < -0.3 is 0 Å². The van der Waals surface area contributed by atoms with Gasteiger partial charge in [-0.05, 0) is 37.1 Å². The third-order valence-electron chi connectivity index (χ3n) is 2.98. The third-order valence-corrected chi connectivity index (χ3v) is 3.27. The Labute approximate surface area is 121 Å². The molecule has 104 valence electrons. The van der Waals surface area contributed by atoms with Gasteiger partial charge in [0.15, 0.2) is 5.78 Å². The minimum atomic E-state index is -0.487. The van der Waals surface area contributed by atoms with Crippen molar-refractivity contribution < 1.29 is 9.18 Å². The Bertz CT molecular complexity index is 658. The molecule has 0 amide bonds. The van der Waals surface area contributed by atoms with Crippen LogP contribution < -0.4 is 0 Å². The topological polar surface area (TPSA) is 42.9 Å². The summed E-state index contributed by atoms with van der Waals surface area (Å²) < 4.78 is 13.1. The fourth-order valence-electron chi connectivity index (χ4n) is 1.95. The third kappa shape index (κ3) is 3.20. The van der Waals surface area contributed by atoms with Crippen molar-refractivity contribution in [2.75, 3.05) is 0 Å². The molecule has 5 heteroatoms. The van der Waals surface area contributed by atoms with Crippen LogP contribution in [-0.4, -0.2) is 16.0 Å². The van der Waals surface area contributed by atoms with E-state index < -0.39 is 5.82 Å². The van der Waals surface area contributed by atoms with E-state index in [2.05, 4.69) is 10.2 Å². The molecule has 20 heavy (non-hydrogen) atoms. The predicted octanol–water partition coefficient (Wildman–Crippen LogP) is 3.57. The van der Waals surface area contributed by atoms with Gasteiger partial charge in [-0.2, -0.15) is 10.2 Å². The maximum Gasteiger partial charge on any atom is 0.169 e. The SMILES string of the molecule is CCc1nnc(C)cc1C(=O)Cc1ccc(F)c(Cl)c1. The lowest BCUT2D eigenvalue weighted by atomic mass is 10.0. The van der Waals surface area contributed by atoms with Gasteiger partial charge in [0.2, 0.25) is 0 Å². The summed E-state index contributed by atoms with van der Waals surface area (Å²) in [5, 5.41) is 8.01. The minimum Gasteiger partial charge on any atom is -0.294 e. The largest absolute Gasteiger partial charge is 0.294 e. The first kappa shape index (κ1) is 14.6. The molecule has 0 fully saturated rings. The van der Waals surface area contributed by atoms with E-state index in [-0.39, 0.29) is 17.2 Å². The normalized spacial score (nSPS) is 10.6. The fraction of sp³-hybridized carbons (Fsp3) is 0.267. The van der Waals surface area contributed by atoms with Gasteiger partial charge in [0, 0.05) is 12.0 Å². The Kier molecular flexibility index (Phi) is 4.45. The van der Waals surface area contributed by atoms with Crippen LogP contribution in [0, 0.1) is 12.7 Å². The van der Waals surface area contributed by atoms with E-state index in [1.165, 1.54) is 12.1 Å². The lowest BCUT2D eigenvalue weighted by Crippen LogP contribution is -2.10. The summed E-state index contributed by atoms with van der Waals surface area (Å²) in [6.07, 6.45) is 0.802. The van der Waals surface area contributed by atoms with Crippen LogP contribution in [0.2, 0.25) is 5.02 Å². The first-order valence-corrected chi connectivity index (χ1v) is 6.69. The zero-order chi connectivity index (χ0) is 14.7. The standard InChI is InChI=1S/C15H14ClFN2O/c1-3-14-11(6-9(2)18-19-14)15(20)8-10-4-5-13(17)12(16)7-10/h4-7H,3,8H2,1-2H3. The molecule has 0 saturated heterocycles. The van der Waals surface area contributed by atoms with Gasteiger partial charge in [-0.1, -0.05) is 24.6 Å². The maximum absolute atomic E-state index is 13.1. The van der Waals surface area contributed by atoms with E-state index in [0.717, 1.165) is 0 Å². The van der Waals surface area contributed by atoms with Crippen LogP contribution in [0.4, 0.5) is 4.39 Å². The van der Waals surface area contributed by atoms with Crippen LogP contribution in [-0.2, 0) is 12.8 Å². The Balaban J connectivity index is 2.27. The van der Waals surface area contributed by atoms with Gasteiger partial charge in [0.1, 0.15) is 5.82 Å². The molecule has 0 saturated carbocycles. The molecule has 0 unspecified atom stereocenters. The minimum absolute atomic E-state index is 0.0232. The van der Waals surface area contributed by atoms with Crippen molar-refractivity contribution in [1.82, 2.24) is 10.2 Å². The first-order valence-electron chi connectivity index (χ1n) is 6.31. The monoisotopic (exact) mass is 292 g/mol. The number of halogens is 2. The van der Waals surface area contributed by atoms with Crippen molar-refractivity contribution in [3.8, 4) is 0 Å². The Morgan fingerprint density at radius 1 is 1.30 bits per heavy atom. The van der Waals surface area contributed by atoms with Crippen molar-refractivity contribution >= 4 is 17.4 Å². The smallest absolute Gasteiger partial charge is 0.169 e. The number of aromatic nitrogens is 2. The summed E-state index contributed by atoms with van der Waals surface area (Å²) in [5.74, 6) is -0.555. The number of aryl methyl sites for hydroxylation is 2. The highest BCUT2D eigenvalue weighted by Gasteiger charge is 2.14. The second kappa shape index (κ2) is 6.09. The van der Waals surface area contributed by atoms with Crippen LogP contribution in [0.5, 0.6) is 0 Å². The second-order valence-corrected chi connectivity index (χ2v) is 4.96. The summed E-state index contributed by atoms with van der Waals surface area (Å²) in [5.41, 5.74) is 2.62.